The molecule has 0 radical (unpaired) electrons. The number of rotatable bonds is 5. The Kier molecular flexibility index (Phi) is 4.46. The van der Waals surface area contributed by atoms with Gasteiger partial charge in [-0.05, 0) is 19.3 Å². The summed E-state index contributed by atoms with van der Waals surface area (Å²) in [6.45, 7) is 1.29. The van der Waals surface area contributed by atoms with E-state index in [0.717, 1.165) is 12.8 Å². The average molecular weight is 170 g/mol. The van der Waals surface area contributed by atoms with E-state index in [1.165, 1.54) is 6.42 Å². The highest BCUT2D eigenvalue weighted by atomic mass is 16.5. The van der Waals surface area contributed by atoms with Crippen molar-refractivity contribution in [2.24, 2.45) is 0 Å². The van der Waals surface area contributed by atoms with E-state index in [2.05, 4.69) is 16.9 Å². The molecule has 1 unspecified atom stereocenters. The van der Waals surface area contributed by atoms with Gasteiger partial charge in [0.15, 0.2) is 0 Å². The zero-order chi connectivity index (χ0) is 8.65. The van der Waals surface area contributed by atoms with Gasteiger partial charge < -0.3 is 9.47 Å². The molecule has 0 bridgehead atoms. The van der Waals surface area contributed by atoms with Crippen molar-refractivity contribution in [3.63, 3.8) is 0 Å². The molecule has 0 aromatic heterocycles. The van der Waals surface area contributed by atoms with E-state index in [0.29, 0.717) is 19.7 Å². The molecular weight excluding hydrogens is 156 g/mol. The predicted octanol–water partition coefficient (Wildman–Crippen LogP) is 1.28. The zero-order valence-electron chi connectivity index (χ0n) is 7.07. The minimum Gasteiger partial charge on any atom is -0.465 e. The van der Waals surface area contributed by atoms with Crippen molar-refractivity contribution < 1.29 is 14.3 Å². The van der Waals surface area contributed by atoms with Crippen LogP contribution in [0.15, 0.2) is 12.2 Å². The van der Waals surface area contributed by atoms with Gasteiger partial charge in [0.05, 0.1) is 12.7 Å². The Balaban J connectivity index is 2.01. The van der Waals surface area contributed by atoms with Crippen molar-refractivity contribution >= 4 is 6.47 Å². The van der Waals surface area contributed by atoms with Gasteiger partial charge in [-0.15, -0.1) is 0 Å². The third-order valence-corrected chi connectivity index (χ3v) is 1.81. The van der Waals surface area contributed by atoms with Crippen molar-refractivity contribution in [3.05, 3.63) is 12.2 Å². The second-order valence-corrected chi connectivity index (χ2v) is 2.74. The summed E-state index contributed by atoms with van der Waals surface area (Å²) in [4.78, 5) is 9.76. The van der Waals surface area contributed by atoms with Crippen LogP contribution in [0, 0.1) is 0 Å². The Morgan fingerprint density at radius 2 is 2.42 bits per heavy atom. The van der Waals surface area contributed by atoms with Gasteiger partial charge in [-0.1, -0.05) is 12.2 Å². The van der Waals surface area contributed by atoms with Gasteiger partial charge in [-0.3, -0.25) is 4.79 Å². The second kappa shape index (κ2) is 5.77. The molecule has 0 fully saturated rings. The molecule has 12 heavy (non-hydrogen) atoms. The van der Waals surface area contributed by atoms with Crippen LogP contribution in [0.1, 0.15) is 19.3 Å². The number of carbonyl (C=O) groups excluding carboxylic acids is 1. The molecule has 0 aromatic carbocycles. The van der Waals surface area contributed by atoms with Gasteiger partial charge in [0, 0.05) is 0 Å². The fourth-order valence-corrected chi connectivity index (χ4v) is 1.22. The molecule has 0 amide bonds. The lowest BCUT2D eigenvalue weighted by molar-refractivity contribution is -0.130. The van der Waals surface area contributed by atoms with Gasteiger partial charge in [-0.2, -0.15) is 0 Å². The molecule has 0 saturated heterocycles. The molecule has 3 heteroatoms. The van der Waals surface area contributed by atoms with Crippen LogP contribution in [-0.4, -0.2) is 25.8 Å². The Morgan fingerprint density at radius 3 is 3.08 bits per heavy atom. The Bertz CT molecular complexity index is 154. The van der Waals surface area contributed by atoms with Crippen LogP contribution in [0.2, 0.25) is 0 Å². The predicted molar refractivity (Wildman–Crippen MR) is 44.7 cm³/mol. The molecule has 1 atom stereocenters. The molecule has 0 spiro atoms. The lowest BCUT2D eigenvalue weighted by Gasteiger charge is -2.16. The van der Waals surface area contributed by atoms with E-state index in [1.807, 2.05) is 0 Å². The summed E-state index contributed by atoms with van der Waals surface area (Å²) >= 11 is 0. The number of hydrogen-bond donors (Lipinski definition) is 0. The van der Waals surface area contributed by atoms with Crippen LogP contribution in [0.3, 0.4) is 0 Å². The summed E-state index contributed by atoms with van der Waals surface area (Å²) < 4.78 is 9.91. The van der Waals surface area contributed by atoms with E-state index >= 15 is 0 Å². The minimum absolute atomic E-state index is 0.231. The van der Waals surface area contributed by atoms with Gasteiger partial charge >= 0.3 is 0 Å². The number of hydrogen-bond acceptors (Lipinski definition) is 3. The van der Waals surface area contributed by atoms with E-state index in [4.69, 9.17) is 4.74 Å². The van der Waals surface area contributed by atoms with Crippen LogP contribution in [0.4, 0.5) is 0 Å². The molecule has 0 N–H and O–H groups in total. The maximum atomic E-state index is 9.76. The van der Waals surface area contributed by atoms with Crippen LogP contribution in [0.5, 0.6) is 0 Å². The van der Waals surface area contributed by atoms with Crippen molar-refractivity contribution in [2.75, 3.05) is 13.2 Å². The Morgan fingerprint density at radius 1 is 1.50 bits per heavy atom. The first-order chi connectivity index (χ1) is 5.93. The maximum Gasteiger partial charge on any atom is 0.293 e. The maximum absolute atomic E-state index is 9.76. The molecule has 0 saturated carbocycles. The molecule has 1 aliphatic carbocycles. The lowest BCUT2D eigenvalue weighted by Crippen LogP contribution is -2.15. The van der Waals surface area contributed by atoms with E-state index in [1.54, 1.807) is 0 Å². The van der Waals surface area contributed by atoms with Gasteiger partial charge in [0.25, 0.3) is 6.47 Å². The van der Waals surface area contributed by atoms with Gasteiger partial charge in [0.2, 0.25) is 0 Å². The second-order valence-electron chi connectivity index (χ2n) is 2.74. The first-order valence-corrected chi connectivity index (χ1v) is 4.27. The summed E-state index contributed by atoms with van der Waals surface area (Å²) in [7, 11) is 0. The summed E-state index contributed by atoms with van der Waals surface area (Å²) in [5, 5.41) is 0. The Labute approximate surface area is 72.4 Å². The molecule has 0 aromatic rings. The zero-order valence-corrected chi connectivity index (χ0v) is 7.07. The third kappa shape index (κ3) is 3.53. The first-order valence-electron chi connectivity index (χ1n) is 4.27. The largest absolute Gasteiger partial charge is 0.465 e. The first kappa shape index (κ1) is 9.26. The van der Waals surface area contributed by atoms with Crippen LogP contribution in [-0.2, 0) is 14.3 Å². The lowest BCUT2D eigenvalue weighted by atomic mass is 10.1. The van der Waals surface area contributed by atoms with E-state index in [9.17, 15) is 4.79 Å². The highest BCUT2D eigenvalue weighted by Gasteiger charge is 2.07. The number of allylic oxidation sites excluding steroid dienone is 1. The van der Waals surface area contributed by atoms with Crippen molar-refractivity contribution in [1.29, 1.82) is 0 Å². The van der Waals surface area contributed by atoms with Crippen molar-refractivity contribution in [1.82, 2.24) is 0 Å². The molecule has 1 aliphatic rings. The summed E-state index contributed by atoms with van der Waals surface area (Å²) in [5.41, 5.74) is 0. The van der Waals surface area contributed by atoms with Crippen LogP contribution in [0.25, 0.3) is 0 Å². The van der Waals surface area contributed by atoms with E-state index in [-0.39, 0.29) is 6.10 Å². The van der Waals surface area contributed by atoms with Crippen molar-refractivity contribution in [3.8, 4) is 0 Å². The molecule has 0 aliphatic heterocycles. The van der Waals surface area contributed by atoms with Crippen molar-refractivity contribution in [2.45, 2.75) is 25.4 Å². The fraction of sp³-hybridized carbons (Fsp3) is 0.667. The molecule has 1 rings (SSSR count). The standard InChI is InChI=1S/C9H14O3/c10-8-11-6-7-12-9-4-2-1-3-5-9/h2,4,8-9H,1,3,5-7H2. The van der Waals surface area contributed by atoms with Gasteiger partial charge in [-0.25, -0.2) is 0 Å². The van der Waals surface area contributed by atoms with Gasteiger partial charge in [0.1, 0.15) is 6.61 Å². The normalized spacial score (nSPS) is 22.2. The number of ether oxygens (including phenoxy) is 2. The summed E-state index contributed by atoms with van der Waals surface area (Å²) in [6, 6.07) is 0. The number of carbonyl (C=O) groups is 1. The SMILES string of the molecule is O=COCCOC1C=CCCC1. The average Bonchev–Trinajstić information content (AvgIpc) is 2.14. The fourth-order valence-electron chi connectivity index (χ4n) is 1.22. The van der Waals surface area contributed by atoms with Crippen LogP contribution < -0.4 is 0 Å². The summed E-state index contributed by atoms with van der Waals surface area (Å²) in [6.07, 6.45) is 7.87. The Hall–Kier alpha value is -0.830. The highest BCUT2D eigenvalue weighted by molar-refractivity contribution is 5.36. The van der Waals surface area contributed by atoms with E-state index < -0.39 is 0 Å². The summed E-state index contributed by atoms with van der Waals surface area (Å²) in [5.74, 6) is 0. The third-order valence-electron chi connectivity index (χ3n) is 1.81. The van der Waals surface area contributed by atoms with Crippen LogP contribution >= 0.6 is 0 Å². The smallest absolute Gasteiger partial charge is 0.293 e. The quantitative estimate of drug-likeness (QED) is 0.354. The monoisotopic (exact) mass is 170 g/mol. The molecule has 68 valence electrons. The molecule has 3 nitrogen and oxygen atoms in total. The molecular formula is C9H14O3. The molecule has 0 heterocycles. The topological polar surface area (TPSA) is 35.5 Å². The minimum atomic E-state index is 0.231. The highest BCUT2D eigenvalue weighted by Crippen LogP contribution is 2.12.